The number of amides is 1. The minimum Gasteiger partial charge on any atom is -0.334 e. The molecule has 0 aliphatic carbocycles. The zero-order chi connectivity index (χ0) is 16.2. The van der Waals surface area contributed by atoms with Crippen molar-refractivity contribution in [1.29, 1.82) is 0 Å². The predicted octanol–water partition coefficient (Wildman–Crippen LogP) is 2.50. The summed E-state index contributed by atoms with van der Waals surface area (Å²) in [6, 6.07) is 13.2. The highest BCUT2D eigenvalue weighted by Gasteiger charge is 2.19. The van der Waals surface area contributed by atoms with Crippen molar-refractivity contribution < 1.29 is 4.79 Å². The summed E-state index contributed by atoms with van der Waals surface area (Å²) in [5.74, 6) is -0.0987. The number of nitrogens with zero attached hydrogens (tertiary/aromatic N) is 5. The van der Waals surface area contributed by atoms with Crippen LogP contribution < -0.4 is 0 Å². The Morgan fingerprint density at radius 2 is 1.96 bits per heavy atom. The highest BCUT2D eigenvalue weighted by Crippen LogP contribution is 2.21. The molecule has 3 aromatic rings. The summed E-state index contributed by atoms with van der Waals surface area (Å²) in [6.07, 6.45) is 4.77. The van der Waals surface area contributed by atoms with Gasteiger partial charge in [0.15, 0.2) is 0 Å². The molecular formula is C17H17N5O. The Morgan fingerprint density at radius 3 is 2.57 bits per heavy atom. The van der Waals surface area contributed by atoms with Gasteiger partial charge in [0.1, 0.15) is 18.3 Å². The third kappa shape index (κ3) is 3.11. The van der Waals surface area contributed by atoms with E-state index in [-0.39, 0.29) is 11.9 Å². The van der Waals surface area contributed by atoms with Crippen LogP contribution in [0, 0.1) is 0 Å². The number of carbonyl (C=O) groups excluding carboxylic acids is 1. The first kappa shape index (κ1) is 14.9. The van der Waals surface area contributed by atoms with E-state index in [9.17, 15) is 4.79 Å². The second-order valence-electron chi connectivity index (χ2n) is 5.24. The quantitative estimate of drug-likeness (QED) is 0.743. The molecule has 0 radical (unpaired) electrons. The van der Waals surface area contributed by atoms with Crippen molar-refractivity contribution >= 4 is 5.91 Å². The van der Waals surface area contributed by atoms with Gasteiger partial charge in [-0.15, -0.1) is 0 Å². The molecule has 1 amide bonds. The van der Waals surface area contributed by atoms with E-state index >= 15 is 0 Å². The van der Waals surface area contributed by atoms with Crippen LogP contribution in [0.1, 0.15) is 29.0 Å². The lowest BCUT2D eigenvalue weighted by molar-refractivity contribution is 0.0736. The van der Waals surface area contributed by atoms with Crippen LogP contribution in [-0.2, 0) is 0 Å². The average Bonchev–Trinajstić information content (AvgIpc) is 3.15. The second kappa shape index (κ2) is 6.39. The molecule has 0 spiro atoms. The fraction of sp³-hybridized carbons (Fsp3) is 0.176. The molecule has 23 heavy (non-hydrogen) atoms. The molecule has 0 aliphatic rings. The molecule has 0 saturated carbocycles. The first-order chi connectivity index (χ1) is 11.2. The van der Waals surface area contributed by atoms with Gasteiger partial charge in [0, 0.05) is 13.2 Å². The first-order valence-corrected chi connectivity index (χ1v) is 7.30. The van der Waals surface area contributed by atoms with Crippen molar-refractivity contribution in [2.75, 3.05) is 7.05 Å². The summed E-state index contributed by atoms with van der Waals surface area (Å²) >= 11 is 0. The lowest BCUT2D eigenvalue weighted by Gasteiger charge is -2.25. The number of aromatic nitrogens is 4. The topological polar surface area (TPSA) is 63.9 Å². The van der Waals surface area contributed by atoms with Gasteiger partial charge in [0.25, 0.3) is 5.91 Å². The van der Waals surface area contributed by atoms with E-state index in [4.69, 9.17) is 0 Å². The molecule has 0 unspecified atom stereocenters. The molecule has 1 aromatic carbocycles. The maximum absolute atomic E-state index is 12.5. The molecule has 116 valence electrons. The SMILES string of the molecule is C[C@H](c1ccc(-n2cncn2)cc1)N(C)C(=O)c1ccccn1. The summed E-state index contributed by atoms with van der Waals surface area (Å²) < 4.78 is 1.69. The summed E-state index contributed by atoms with van der Waals surface area (Å²) in [6.45, 7) is 1.99. The van der Waals surface area contributed by atoms with Crippen LogP contribution in [0.15, 0.2) is 61.3 Å². The first-order valence-electron chi connectivity index (χ1n) is 7.30. The molecule has 0 bridgehead atoms. The molecule has 6 nitrogen and oxygen atoms in total. The number of rotatable bonds is 4. The molecule has 6 heteroatoms. The maximum atomic E-state index is 12.5. The van der Waals surface area contributed by atoms with Gasteiger partial charge in [-0.05, 0) is 36.8 Å². The third-order valence-electron chi connectivity index (χ3n) is 3.84. The van der Waals surface area contributed by atoms with E-state index in [1.807, 2.05) is 37.3 Å². The standard InChI is InChI=1S/C17H17N5O/c1-13(21(2)17(23)16-5-3-4-10-19-16)14-6-8-15(9-7-14)22-12-18-11-20-22/h3-13H,1-2H3/t13-/m1/s1. The molecule has 0 aliphatic heterocycles. The monoisotopic (exact) mass is 307 g/mol. The number of benzene rings is 1. The van der Waals surface area contributed by atoms with Crippen molar-refractivity contribution in [3.63, 3.8) is 0 Å². The van der Waals surface area contributed by atoms with E-state index < -0.39 is 0 Å². The Labute approximate surface area is 134 Å². The Balaban J connectivity index is 1.77. The fourth-order valence-corrected chi connectivity index (χ4v) is 2.32. The molecule has 0 N–H and O–H groups in total. The van der Waals surface area contributed by atoms with Crippen molar-refractivity contribution in [2.45, 2.75) is 13.0 Å². The van der Waals surface area contributed by atoms with Gasteiger partial charge in [-0.2, -0.15) is 5.10 Å². The number of carbonyl (C=O) groups is 1. The van der Waals surface area contributed by atoms with Crippen molar-refractivity contribution in [3.05, 3.63) is 72.6 Å². The molecule has 2 heterocycles. The number of hydrogen-bond donors (Lipinski definition) is 0. The van der Waals surface area contributed by atoms with E-state index in [1.165, 1.54) is 6.33 Å². The van der Waals surface area contributed by atoms with Gasteiger partial charge in [-0.3, -0.25) is 9.78 Å². The summed E-state index contributed by atoms with van der Waals surface area (Å²) in [7, 11) is 1.78. The van der Waals surface area contributed by atoms with E-state index in [0.717, 1.165) is 11.3 Å². The highest BCUT2D eigenvalue weighted by atomic mass is 16.2. The molecular weight excluding hydrogens is 290 g/mol. The third-order valence-corrected chi connectivity index (χ3v) is 3.84. The predicted molar refractivity (Wildman–Crippen MR) is 86.1 cm³/mol. The van der Waals surface area contributed by atoms with Crippen molar-refractivity contribution in [3.8, 4) is 5.69 Å². The van der Waals surface area contributed by atoms with Crippen LogP contribution in [-0.4, -0.2) is 37.6 Å². The van der Waals surface area contributed by atoms with Gasteiger partial charge in [-0.1, -0.05) is 18.2 Å². The fourth-order valence-electron chi connectivity index (χ4n) is 2.32. The van der Waals surface area contributed by atoms with Gasteiger partial charge in [0.05, 0.1) is 11.7 Å². The van der Waals surface area contributed by atoms with Crippen LogP contribution in [0.3, 0.4) is 0 Å². The summed E-state index contributed by atoms with van der Waals surface area (Å²) in [5.41, 5.74) is 2.42. The van der Waals surface area contributed by atoms with Gasteiger partial charge < -0.3 is 4.90 Å². The smallest absolute Gasteiger partial charge is 0.272 e. The Kier molecular flexibility index (Phi) is 4.14. The van der Waals surface area contributed by atoms with Crippen LogP contribution in [0.25, 0.3) is 5.69 Å². The largest absolute Gasteiger partial charge is 0.334 e. The lowest BCUT2D eigenvalue weighted by atomic mass is 10.1. The van der Waals surface area contributed by atoms with Gasteiger partial charge >= 0.3 is 0 Å². The van der Waals surface area contributed by atoms with E-state index in [2.05, 4.69) is 15.1 Å². The molecule has 1 atom stereocenters. The zero-order valence-corrected chi connectivity index (χ0v) is 13.0. The zero-order valence-electron chi connectivity index (χ0n) is 13.0. The molecule has 2 aromatic heterocycles. The number of hydrogen-bond acceptors (Lipinski definition) is 4. The van der Waals surface area contributed by atoms with Gasteiger partial charge in [0.2, 0.25) is 0 Å². The Hall–Kier alpha value is -3.02. The Bertz CT molecular complexity index is 769. The Morgan fingerprint density at radius 1 is 1.17 bits per heavy atom. The van der Waals surface area contributed by atoms with E-state index in [0.29, 0.717) is 5.69 Å². The molecule has 3 rings (SSSR count). The average molecular weight is 307 g/mol. The summed E-state index contributed by atoms with van der Waals surface area (Å²) in [4.78, 5) is 22.2. The van der Waals surface area contributed by atoms with E-state index in [1.54, 1.807) is 41.3 Å². The van der Waals surface area contributed by atoms with Crippen LogP contribution in [0.5, 0.6) is 0 Å². The van der Waals surface area contributed by atoms with Crippen LogP contribution in [0.2, 0.25) is 0 Å². The van der Waals surface area contributed by atoms with Gasteiger partial charge in [-0.25, -0.2) is 9.67 Å². The normalized spacial score (nSPS) is 11.9. The maximum Gasteiger partial charge on any atom is 0.272 e. The van der Waals surface area contributed by atoms with Crippen molar-refractivity contribution in [1.82, 2.24) is 24.6 Å². The number of pyridine rings is 1. The van der Waals surface area contributed by atoms with Crippen LogP contribution >= 0.6 is 0 Å². The molecule has 0 fully saturated rings. The lowest BCUT2D eigenvalue weighted by Crippen LogP contribution is -2.30. The van der Waals surface area contributed by atoms with Crippen LogP contribution in [0.4, 0.5) is 0 Å². The minimum absolute atomic E-state index is 0.0608. The van der Waals surface area contributed by atoms with Crippen molar-refractivity contribution in [2.24, 2.45) is 0 Å². The second-order valence-corrected chi connectivity index (χ2v) is 5.24. The minimum atomic E-state index is -0.0987. The summed E-state index contributed by atoms with van der Waals surface area (Å²) in [5, 5.41) is 4.10. The highest BCUT2D eigenvalue weighted by molar-refractivity contribution is 5.92. The molecule has 0 saturated heterocycles.